The molecule has 142 valence electrons. The van der Waals surface area contributed by atoms with E-state index in [4.69, 9.17) is 4.74 Å². The quantitative estimate of drug-likeness (QED) is 0.674. The summed E-state index contributed by atoms with van der Waals surface area (Å²) in [5, 5.41) is 0. The van der Waals surface area contributed by atoms with Crippen LogP contribution in [0.15, 0.2) is 17.8 Å². The van der Waals surface area contributed by atoms with E-state index in [0.717, 1.165) is 5.57 Å². The number of rotatable bonds is 1. The minimum atomic E-state index is -4.61. The Bertz CT molecular complexity index is 749. The first-order chi connectivity index (χ1) is 11.9. The Morgan fingerprint density at radius 1 is 1.27 bits per heavy atom. The lowest BCUT2D eigenvalue weighted by Gasteiger charge is -2.56. The molecule has 0 unspecified atom stereocenters. The first-order valence-electron chi connectivity index (χ1n) is 8.27. The molecule has 1 spiro atoms. The summed E-state index contributed by atoms with van der Waals surface area (Å²) in [6, 6.07) is 0.460. The van der Waals surface area contributed by atoms with E-state index in [1.54, 1.807) is 25.7 Å². The van der Waals surface area contributed by atoms with Crippen LogP contribution in [0.1, 0.15) is 44.9 Å². The highest BCUT2D eigenvalue weighted by atomic mass is 19.4. The zero-order chi connectivity index (χ0) is 19.3. The minimum absolute atomic E-state index is 0.0227. The smallest absolute Gasteiger partial charge is 0.417 e. The van der Waals surface area contributed by atoms with Crippen LogP contribution in [0.3, 0.4) is 0 Å². The zero-order valence-corrected chi connectivity index (χ0v) is 14.8. The van der Waals surface area contributed by atoms with Crippen LogP contribution in [-0.2, 0) is 10.9 Å². The molecule has 3 rings (SSSR count). The fourth-order valence-electron chi connectivity index (χ4n) is 3.36. The second-order valence-corrected chi connectivity index (χ2v) is 8.08. The van der Waals surface area contributed by atoms with Gasteiger partial charge in [-0.05, 0) is 45.8 Å². The summed E-state index contributed by atoms with van der Waals surface area (Å²) >= 11 is 0. The monoisotopic (exact) mass is 372 g/mol. The molecule has 1 saturated carbocycles. The maximum atomic E-state index is 13.8. The Morgan fingerprint density at radius 3 is 2.38 bits per heavy atom. The Kier molecular flexibility index (Phi) is 4.28. The van der Waals surface area contributed by atoms with Crippen LogP contribution in [0.5, 0.6) is 0 Å². The van der Waals surface area contributed by atoms with Gasteiger partial charge in [-0.2, -0.15) is 13.2 Å². The number of hydrogen-bond donors (Lipinski definition) is 0. The molecule has 1 aliphatic heterocycles. The fraction of sp³-hybridized carbons (Fsp3) is 0.556. The molecule has 1 saturated heterocycles. The van der Waals surface area contributed by atoms with E-state index in [1.165, 1.54) is 6.08 Å². The zero-order valence-electron chi connectivity index (χ0n) is 14.8. The fourth-order valence-corrected chi connectivity index (χ4v) is 3.36. The van der Waals surface area contributed by atoms with Gasteiger partial charge in [-0.15, -0.1) is 0 Å². The molecule has 2 heterocycles. The second-order valence-electron chi connectivity index (χ2n) is 8.08. The minimum Gasteiger partial charge on any atom is -0.444 e. The third-order valence-electron chi connectivity index (χ3n) is 4.45. The molecular formula is C18H20F4N2O2. The number of pyridine rings is 1. The van der Waals surface area contributed by atoms with E-state index in [9.17, 15) is 22.4 Å². The number of hydrogen-bond acceptors (Lipinski definition) is 3. The summed E-state index contributed by atoms with van der Waals surface area (Å²) in [7, 11) is 0. The SMILES string of the molecule is CC(C)(C)OC(=O)N1CC2(CC(=Cc3ncc(C(F)(F)F)cc3F)C2)C1. The summed E-state index contributed by atoms with van der Waals surface area (Å²) in [5.41, 5.74) is -0.845. The summed E-state index contributed by atoms with van der Waals surface area (Å²) in [4.78, 5) is 17.1. The number of ether oxygens (including phenoxy) is 1. The molecule has 2 fully saturated rings. The maximum Gasteiger partial charge on any atom is 0.417 e. The van der Waals surface area contributed by atoms with Crippen molar-refractivity contribution in [3.63, 3.8) is 0 Å². The van der Waals surface area contributed by atoms with Gasteiger partial charge in [0.2, 0.25) is 0 Å². The first-order valence-corrected chi connectivity index (χ1v) is 8.27. The molecule has 26 heavy (non-hydrogen) atoms. The number of likely N-dealkylation sites (tertiary alicyclic amines) is 1. The normalized spacial score (nSPS) is 19.0. The Hall–Kier alpha value is -2.12. The number of alkyl halides is 3. The van der Waals surface area contributed by atoms with E-state index in [1.807, 2.05) is 0 Å². The average Bonchev–Trinajstić information content (AvgIpc) is 2.38. The Labute approximate surface area is 148 Å². The van der Waals surface area contributed by atoms with Gasteiger partial charge < -0.3 is 9.64 Å². The molecule has 0 N–H and O–H groups in total. The molecule has 2 aliphatic rings. The topological polar surface area (TPSA) is 42.4 Å². The number of carbonyl (C=O) groups excluding carboxylic acids is 1. The van der Waals surface area contributed by atoms with E-state index < -0.39 is 23.2 Å². The largest absolute Gasteiger partial charge is 0.444 e. The summed E-state index contributed by atoms with van der Waals surface area (Å²) in [6.07, 6.45) is -1.48. The molecule has 1 amide bonds. The number of aromatic nitrogens is 1. The lowest BCUT2D eigenvalue weighted by Crippen LogP contribution is -2.62. The van der Waals surface area contributed by atoms with Gasteiger partial charge in [0, 0.05) is 24.7 Å². The Balaban J connectivity index is 1.57. The predicted octanol–water partition coefficient (Wildman–Crippen LogP) is 4.65. The van der Waals surface area contributed by atoms with Gasteiger partial charge in [-0.3, -0.25) is 4.98 Å². The molecule has 4 nitrogen and oxygen atoms in total. The van der Waals surface area contributed by atoms with Gasteiger partial charge in [-0.25, -0.2) is 9.18 Å². The van der Waals surface area contributed by atoms with E-state index in [2.05, 4.69) is 4.98 Å². The van der Waals surface area contributed by atoms with Crippen molar-refractivity contribution in [2.24, 2.45) is 5.41 Å². The van der Waals surface area contributed by atoms with Crippen molar-refractivity contribution in [2.75, 3.05) is 13.1 Å². The van der Waals surface area contributed by atoms with Gasteiger partial charge in [0.25, 0.3) is 0 Å². The van der Waals surface area contributed by atoms with Crippen LogP contribution in [0, 0.1) is 11.2 Å². The molecule has 0 atom stereocenters. The van der Waals surface area contributed by atoms with Crippen LogP contribution >= 0.6 is 0 Å². The molecule has 8 heteroatoms. The molecule has 0 radical (unpaired) electrons. The average molecular weight is 372 g/mol. The lowest BCUT2D eigenvalue weighted by atomic mass is 9.60. The van der Waals surface area contributed by atoms with Gasteiger partial charge in [0.1, 0.15) is 11.4 Å². The van der Waals surface area contributed by atoms with Crippen molar-refractivity contribution in [3.8, 4) is 0 Å². The second kappa shape index (κ2) is 5.96. The summed E-state index contributed by atoms with van der Waals surface area (Å²) in [5.74, 6) is -0.989. The molecule has 1 aromatic heterocycles. The standard InChI is InChI=1S/C18H20F4N2O2/c1-16(2,3)26-15(25)24-9-17(10-24)6-11(7-17)4-14-13(19)5-12(8-23-14)18(20,21)22/h4-5,8H,6-7,9-10H2,1-3H3. The van der Waals surface area contributed by atoms with Crippen molar-refractivity contribution in [1.82, 2.24) is 9.88 Å². The van der Waals surface area contributed by atoms with Gasteiger partial charge >= 0.3 is 12.3 Å². The maximum absolute atomic E-state index is 13.8. The number of carbonyl (C=O) groups is 1. The van der Waals surface area contributed by atoms with Crippen molar-refractivity contribution in [2.45, 2.75) is 45.4 Å². The predicted molar refractivity (Wildman–Crippen MR) is 86.6 cm³/mol. The van der Waals surface area contributed by atoms with Crippen LogP contribution in [0.4, 0.5) is 22.4 Å². The van der Waals surface area contributed by atoms with E-state index in [0.29, 0.717) is 38.2 Å². The molecule has 1 aromatic rings. The van der Waals surface area contributed by atoms with Crippen molar-refractivity contribution >= 4 is 12.2 Å². The highest BCUT2D eigenvalue weighted by molar-refractivity contribution is 5.70. The number of amides is 1. The van der Waals surface area contributed by atoms with Gasteiger partial charge in [0.05, 0.1) is 11.3 Å². The molecule has 0 bridgehead atoms. The third-order valence-corrected chi connectivity index (χ3v) is 4.45. The van der Waals surface area contributed by atoms with Crippen molar-refractivity contribution in [1.29, 1.82) is 0 Å². The van der Waals surface area contributed by atoms with Crippen LogP contribution in [-0.4, -0.2) is 34.7 Å². The Morgan fingerprint density at radius 2 is 1.88 bits per heavy atom. The third kappa shape index (κ3) is 3.83. The molecule has 1 aliphatic carbocycles. The summed E-state index contributed by atoms with van der Waals surface area (Å²) < 4.78 is 56.7. The number of halogens is 4. The highest BCUT2D eigenvalue weighted by Gasteiger charge is 2.52. The van der Waals surface area contributed by atoms with E-state index in [-0.39, 0.29) is 17.2 Å². The number of allylic oxidation sites excluding steroid dienone is 1. The van der Waals surface area contributed by atoms with Crippen LogP contribution in [0.2, 0.25) is 0 Å². The van der Waals surface area contributed by atoms with E-state index >= 15 is 0 Å². The van der Waals surface area contributed by atoms with Crippen LogP contribution < -0.4 is 0 Å². The van der Waals surface area contributed by atoms with Crippen molar-refractivity contribution < 1.29 is 27.1 Å². The highest BCUT2D eigenvalue weighted by Crippen LogP contribution is 2.52. The van der Waals surface area contributed by atoms with Gasteiger partial charge in [-0.1, -0.05) is 5.57 Å². The molecular weight excluding hydrogens is 352 g/mol. The lowest BCUT2D eigenvalue weighted by molar-refractivity contribution is -0.138. The molecule has 0 aromatic carbocycles. The number of nitrogens with zero attached hydrogens (tertiary/aromatic N) is 2. The summed E-state index contributed by atoms with van der Waals surface area (Å²) in [6.45, 7) is 6.55. The van der Waals surface area contributed by atoms with Gasteiger partial charge in [0.15, 0.2) is 0 Å². The first kappa shape index (κ1) is 18.7. The van der Waals surface area contributed by atoms with Crippen LogP contribution in [0.25, 0.3) is 6.08 Å². The van der Waals surface area contributed by atoms with Crippen molar-refractivity contribution in [3.05, 3.63) is 34.9 Å².